The third-order valence-corrected chi connectivity index (χ3v) is 3.05. The Kier molecular flexibility index (Phi) is 2.50. The van der Waals surface area contributed by atoms with E-state index in [1.807, 2.05) is 0 Å². The van der Waals surface area contributed by atoms with Crippen LogP contribution in [0.5, 0.6) is 0 Å². The van der Waals surface area contributed by atoms with Crippen molar-refractivity contribution in [3.8, 4) is 0 Å². The molecule has 14 heavy (non-hydrogen) atoms. The number of aryl methyl sites for hydroxylation is 2. The van der Waals surface area contributed by atoms with E-state index in [1.54, 1.807) is 0 Å². The predicted molar refractivity (Wildman–Crippen MR) is 56.9 cm³/mol. The molecular formula is C11H18N2O. The van der Waals surface area contributed by atoms with Gasteiger partial charge in [0.1, 0.15) is 0 Å². The predicted octanol–water partition coefficient (Wildman–Crippen LogP) is 1.56. The molecule has 0 spiro atoms. The number of nitrogens with zero attached hydrogens (tertiary/aromatic N) is 1. The summed E-state index contributed by atoms with van der Waals surface area (Å²) in [6, 6.07) is 4.40. The molecule has 78 valence electrons. The normalized spacial score (nSPS) is 26.8. The molecule has 2 rings (SSSR count). The summed E-state index contributed by atoms with van der Waals surface area (Å²) in [5, 5.41) is 9.69. The van der Waals surface area contributed by atoms with E-state index in [4.69, 9.17) is 0 Å². The van der Waals surface area contributed by atoms with Gasteiger partial charge in [-0.15, -0.1) is 0 Å². The lowest BCUT2D eigenvalue weighted by molar-refractivity contribution is 0.167. The van der Waals surface area contributed by atoms with Crippen LogP contribution in [0.1, 0.15) is 30.7 Å². The Bertz CT molecular complexity index is 300. The van der Waals surface area contributed by atoms with Crippen LogP contribution in [-0.2, 0) is 0 Å². The van der Waals surface area contributed by atoms with E-state index in [1.165, 1.54) is 11.4 Å². The van der Waals surface area contributed by atoms with E-state index in [0.29, 0.717) is 0 Å². The van der Waals surface area contributed by atoms with Crippen molar-refractivity contribution >= 4 is 0 Å². The molecule has 0 amide bonds. The second kappa shape index (κ2) is 3.65. The van der Waals surface area contributed by atoms with Crippen LogP contribution in [-0.4, -0.2) is 21.9 Å². The zero-order chi connectivity index (χ0) is 10.1. The van der Waals surface area contributed by atoms with Gasteiger partial charge in [-0.3, -0.25) is 4.68 Å². The summed E-state index contributed by atoms with van der Waals surface area (Å²) < 4.78 is 2.07. The first kappa shape index (κ1) is 9.59. The molecule has 1 aliphatic rings. The van der Waals surface area contributed by atoms with Gasteiger partial charge in [0.15, 0.2) is 0 Å². The molecule has 2 atom stereocenters. The molecule has 1 aromatic heterocycles. The number of hydrogen-bond acceptors (Lipinski definition) is 2. The first-order valence-electron chi connectivity index (χ1n) is 5.28. The summed E-state index contributed by atoms with van der Waals surface area (Å²) in [4.78, 5) is 0. The van der Waals surface area contributed by atoms with Crippen molar-refractivity contribution in [2.24, 2.45) is 0 Å². The van der Waals surface area contributed by atoms with Gasteiger partial charge in [-0.2, -0.15) is 0 Å². The summed E-state index contributed by atoms with van der Waals surface area (Å²) in [6.07, 6.45) is 2.93. The quantitative estimate of drug-likeness (QED) is 0.749. The zero-order valence-corrected chi connectivity index (χ0v) is 8.83. The minimum absolute atomic E-state index is 0.184. The second-order valence-electron chi connectivity index (χ2n) is 4.19. The van der Waals surface area contributed by atoms with Crippen LogP contribution in [0.2, 0.25) is 0 Å². The summed E-state index contributed by atoms with van der Waals surface area (Å²) in [7, 11) is 0. The molecule has 1 saturated carbocycles. The van der Waals surface area contributed by atoms with Crippen LogP contribution in [0.4, 0.5) is 0 Å². The van der Waals surface area contributed by atoms with Crippen LogP contribution in [0.15, 0.2) is 12.1 Å². The van der Waals surface area contributed by atoms with Crippen molar-refractivity contribution < 1.29 is 5.11 Å². The third-order valence-electron chi connectivity index (χ3n) is 3.05. The first-order valence-corrected chi connectivity index (χ1v) is 5.28. The minimum Gasteiger partial charge on any atom is -0.391 e. The molecule has 0 aliphatic heterocycles. The van der Waals surface area contributed by atoms with Gasteiger partial charge in [0.25, 0.3) is 0 Å². The molecular weight excluding hydrogens is 176 g/mol. The molecule has 1 heterocycles. The van der Waals surface area contributed by atoms with Gasteiger partial charge < -0.3 is 10.5 Å². The van der Waals surface area contributed by atoms with Crippen LogP contribution in [0.3, 0.4) is 0 Å². The molecule has 1 fully saturated rings. The van der Waals surface area contributed by atoms with Crippen LogP contribution >= 0.6 is 0 Å². The summed E-state index contributed by atoms with van der Waals surface area (Å²) >= 11 is 0. The fourth-order valence-electron chi connectivity index (χ4n) is 2.13. The maximum atomic E-state index is 9.69. The highest BCUT2D eigenvalue weighted by Gasteiger charge is 2.25. The van der Waals surface area contributed by atoms with E-state index in [9.17, 15) is 5.11 Å². The second-order valence-corrected chi connectivity index (χ2v) is 4.19. The van der Waals surface area contributed by atoms with Crippen molar-refractivity contribution in [1.82, 2.24) is 4.68 Å². The summed E-state index contributed by atoms with van der Waals surface area (Å²) in [5.74, 6) is 0. The Balaban J connectivity index is 2.10. The SMILES string of the molecule is Cc1ccc(C)n1NC1CCCC1O. The maximum absolute atomic E-state index is 9.69. The Morgan fingerprint density at radius 1 is 1.29 bits per heavy atom. The Morgan fingerprint density at radius 2 is 1.93 bits per heavy atom. The lowest BCUT2D eigenvalue weighted by Crippen LogP contribution is -2.35. The number of aliphatic hydroxyl groups is 1. The van der Waals surface area contributed by atoms with E-state index >= 15 is 0 Å². The number of aromatic nitrogens is 1. The first-order chi connectivity index (χ1) is 6.68. The van der Waals surface area contributed by atoms with E-state index in [0.717, 1.165) is 19.3 Å². The lowest BCUT2D eigenvalue weighted by Gasteiger charge is -2.21. The number of aliphatic hydroxyl groups excluding tert-OH is 1. The molecule has 0 bridgehead atoms. The van der Waals surface area contributed by atoms with Crippen molar-refractivity contribution in [3.05, 3.63) is 23.5 Å². The number of nitrogens with one attached hydrogen (secondary N) is 1. The van der Waals surface area contributed by atoms with Crippen LogP contribution in [0.25, 0.3) is 0 Å². The number of hydrogen-bond donors (Lipinski definition) is 2. The highest BCUT2D eigenvalue weighted by atomic mass is 16.3. The van der Waals surface area contributed by atoms with Gasteiger partial charge in [-0.05, 0) is 45.2 Å². The fourth-order valence-corrected chi connectivity index (χ4v) is 2.13. The average molecular weight is 194 g/mol. The Morgan fingerprint density at radius 3 is 2.43 bits per heavy atom. The highest BCUT2D eigenvalue weighted by Crippen LogP contribution is 2.20. The van der Waals surface area contributed by atoms with E-state index in [-0.39, 0.29) is 12.1 Å². The topological polar surface area (TPSA) is 37.2 Å². The molecule has 1 aromatic rings. The molecule has 2 unspecified atom stereocenters. The molecule has 0 radical (unpaired) electrons. The van der Waals surface area contributed by atoms with Crippen LogP contribution < -0.4 is 5.43 Å². The Hall–Kier alpha value is -0.960. The fraction of sp³-hybridized carbons (Fsp3) is 0.636. The molecule has 3 nitrogen and oxygen atoms in total. The van der Waals surface area contributed by atoms with Gasteiger partial charge >= 0.3 is 0 Å². The van der Waals surface area contributed by atoms with E-state index < -0.39 is 0 Å². The summed E-state index contributed by atoms with van der Waals surface area (Å²) in [5.41, 5.74) is 5.77. The summed E-state index contributed by atoms with van der Waals surface area (Å²) in [6.45, 7) is 4.14. The Labute approximate surface area is 84.7 Å². The van der Waals surface area contributed by atoms with Crippen molar-refractivity contribution in [2.75, 3.05) is 5.43 Å². The largest absolute Gasteiger partial charge is 0.391 e. The van der Waals surface area contributed by atoms with Crippen LogP contribution in [0, 0.1) is 13.8 Å². The minimum atomic E-state index is -0.184. The molecule has 0 aromatic carbocycles. The monoisotopic (exact) mass is 194 g/mol. The van der Waals surface area contributed by atoms with Gasteiger partial charge in [0.2, 0.25) is 0 Å². The zero-order valence-electron chi connectivity index (χ0n) is 8.83. The molecule has 1 aliphatic carbocycles. The molecule has 3 heteroatoms. The molecule has 0 saturated heterocycles. The lowest BCUT2D eigenvalue weighted by atomic mass is 10.2. The van der Waals surface area contributed by atoms with Gasteiger partial charge in [-0.1, -0.05) is 0 Å². The van der Waals surface area contributed by atoms with E-state index in [2.05, 4.69) is 36.1 Å². The van der Waals surface area contributed by atoms with Gasteiger partial charge in [0, 0.05) is 11.4 Å². The smallest absolute Gasteiger partial charge is 0.0756 e. The van der Waals surface area contributed by atoms with Crippen molar-refractivity contribution in [2.45, 2.75) is 45.3 Å². The van der Waals surface area contributed by atoms with Crippen molar-refractivity contribution in [1.29, 1.82) is 0 Å². The average Bonchev–Trinajstić information content (AvgIpc) is 2.67. The van der Waals surface area contributed by atoms with Crippen molar-refractivity contribution in [3.63, 3.8) is 0 Å². The van der Waals surface area contributed by atoms with Gasteiger partial charge in [0.05, 0.1) is 12.1 Å². The number of rotatable bonds is 2. The molecule has 2 N–H and O–H groups in total. The highest BCUT2D eigenvalue weighted by molar-refractivity contribution is 5.16. The van der Waals surface area contributed by atoms with Gasteiger partial charge in [-0.25, -0.2) is 0 Å². The standard InChI is InChI=1S/C11H18N2O/c1-8-6-7-9(2)13(8)12-10-4-3-5-11(10)14/h6-7,10-12,14H,3-5H2,1-2H3. The third kappa shape index (κ3) is 1.64. The maximum Gasteiger partial charge on any atom is 0.0756 e.